The Morgan fingerprint density at radius 3 is 2.81 bits per heavy atom. The molecule has 0 spiro atoms. The summed E-state index contributed by atoms with van der Waals surface area (Å²) in [5.41, 5.74) is 2.45. The van der Waals surface area contributed by atoms with Crippen LogP contribution in [0.5, 0.6) is 0 Å². The van der Waals surface area contributed by atoms with Crippen molar-refractivity contribution >= 4 is 11.8 Å². The van der Waals surface area contributed by atoms with E-state index in [9.17, 15) is 9.59 Å². The molecule has 3 rings (SSSR count). The van der Waals surface area contributed by atoms with E-state index in [1.54, 1.807) is 0 Å². The van der Waals surface area contributed by atoms with E-state index in [4.69, 9.17) is 0 Å². The van der Waals surface area contributed by atoms with Gasteiger partial charge in [0.05, 0.1) is 6.04 Å². The molecule has 1 aromatic rings. The van der Waals surface area contributed by atoms with Gasteiger partial charge in [0.2, 0.25) is 11.8 Å². The van der Waals surface area contributed by atoms with E-state index in [-0.39, 0.29) is 17.9 Å². The number of carbonyl (C=O) groups excluding carboxylic acids is 2. The third-order valence-corrected chi connectivity index (χ3v) is 3.63. The molecular formula is C13H13NO2. The highest BCUT2D eigenvalue weighted by Gasteiger charge is 2.46. The zero-order chi connectivity index (χ0) is 11.3. The van der Waals surface area contributed by atoms with Crippen LogP contribution in [0, 0.1) is 5.92 Å². The molecule has 0 N–H and O–H groups in total. The second kappa shape index (κ2) is 3.17. The first-order valence-electron chi connectivity index (χ1n) is 5.59. The minimum absolute atomic E-state index is 0.00111. The van der Waals surface area contributed by atoms with Crippen LogP contribution in [-0.2, 0) is 16.0 Å². The van der Waals surface area contributed by atoms with Crippen LogP contribution >= 0.6 is 0 Å². The molecule has 82 valence electrons. The van der Waals surface area contributed by atoms with Gasteiger partial charge < -0.3 is 0 Å². The fourth-order valence-electron chi connectivity index (χ4n) is 3.04. The Hall–Kier alpha value is -1.64. The summed E-state index contributed by atoms with van der Waals surface area (Å²) < 4.78 is 0. The largest absolute Gasteiger partial charge is 0.275 e. The van der Waals surface area contributed by atoms with E-state index in [1.165, 1.54) is 17.4 Å². The molecule has 3 heteroatoms. The number of carbonyl (C=O) groups is 2. The van der Waals surface area contributed by atoms with Crippen molar-refractivity contribution in [1.82, 2.24) is 4.90 Å². The average Bonchev–Trinajstić information content (AvgIpc) is 2.71. The molecule has 0 aromatic heterocycles. The number of nitrogens with zero attached hydrogens (tertiary/aromatic N) is 1. The summed E-state index contributed by atoms with van der Waals surface area (Å²) in [7, 11) is 0. The fraction of sp³-hybridized carbons (Fsp3) is 0.385. The highest BCUT2D eigenvalue weighted by Crippen LogP contribution is 2.46. The lowest BCUT2D eigenvalue weighted by Crippen LogP contribution is -2.32. The lowest BCUT2D eigenvalue weighted by molar-refractivity contribution is -0.142. The third kappa shape index (κ3) is 1.14. The van der Waals surface area contributed by atoms with Crippen LogP contribution in [-0.4, -0.2) is 16.7 Å². The van der Waals surface area contributed by atoms with Gasteiger partial charge in [0.15, 0.2) is 0 Å². The zero-order valence-corrected chi connectivity index (χ0v) is 9.14. The topological polar surface area (TPSA) is 37.4 Å². The molecule has 1 heterocycles. The smallest absolute Gasteiger partial charge is 0.230 e. The first kappa shape index (κ1) is 9.58. The van der Waals surface area contributed by atoms with Gasteiger partial charge >= 0.3 is 0 Å². The average molecular weight is 215 g/mol. The summed E-state index contributed by atoms with van der Waals surface area (Å²) >= 11 is 0. The van der Waals surface area contributed by atoms with Gasteiger partial charge in [0.1, 0.15) is 0 Å². The molecular weight excluding hydrogens is 202 g/mol. The van der Waals surface area contributed by atoms with Crippen LogP contribution in [0.25, 0.3) is 0 Å². The molecule has 1 aliphatic heterocycles. The highest BCUT2D eigenvalue weighted by atomic mass is 16.2. The van der Waals surface area contributed by atoms with Crippen LogP contribution in [0.3, 0.4) is 0 Å². The lowest BCUT2D eigenvalue weighted by Gasteiger charge is -2.21. The molecule has 1 aromatic carbocycles. The van der Waals surface area contributed by atoms with Crippen LogP contribution in [0.1, 0.15) is 30.5 Å². The Kier molecular flexibility index (Phi) is 1.90. The number of benzene rings is 1. The van der Waals surface area contributed by atoms with Gasteiger partial charge in [0.25, 0.3) is 0 Å². The number of imide groups is 1. The molecule has 2 aliphatic rings. The van der Waals surface area contributed by atoms with Crippen molar-refractivity contribution in [2.75, 3.05) is 0 Å². The minimum atomic E-state index is -0.130. The summed E-state index contributed by atoms with van der Waals surface area (Å²) in [6.45, 7) is 1.47. The number of amides is 2. The van der Waals surface area contributed by atoms with Gasteiger partial charge in [-0.25, -0.2) is 0 Å². The fourth-order valence-corrected chi connectivity index (χ4v) is 3.04. The van der Waals surface area contributed by atoms with E-state index in [0.29, 0.717) is 12.3 Å². The number of hydrogen-bond donors (Lipinski definition) is 0. The van der Waals surface area contributed by atoms with E-state index in [2.05, 4.69) is 6.07 Å². The molecule has 1 fully saturated rings. The molecule has 2 amide bonds. The van der Waals surface area contributed by atoms with Crippen molar-refractivity contribution in [3.63, 3.8) is 0 Å². The van der Waals surface area contributed by atoms with Crippen molar-refractivity contribution in [2.45, 2.75) is 25.8 Å². The van der Waals surface area contributed by atoms with Gasteiger partial charge in [-0.1, -0.05) is 24.3 Å². The maximum atomic E-state index is 11.7. The van der Waals surface area contributed by atoms with Crippen molar-refractivity contribution in [3.8, 4) is 0 Å². The molecule has 0 radical (unpaired) electrons. The van der Waals surface area contributed by atoms with Crippen molar-refractivity contribution < 1.29 is 9.59 Å². The van der Waals surface area contributed by atoms with E-state index in [0.717, 1.165) is 12.0 Å². The second-order valence-corrected chi connectivity index (χ2v) is 4.59. The molecule has 2 unspecified atom stereocenters. The first-order chi connectivity index (χ1) is 7.68. The predicted molar refractivity (Wildman–Crippen MR) is 58.5 cm³/mol. The lowest BCUT2D eigenvalue weighted by atomic mass is 10.0. The summed E-state index contributed by atoms with van der Waals surface area (Å²) in [6, 6.07) is 8.12. The van der Waals surface area contributed by atoms with Gasteiger partial charge in [-0.15, -0.1) is 0 Å². The maximum absolute atomic E-state index is 11.7. The Morgan fingerprint density at radius 1 is 1.31 bits per heavy atom. The number of hydrogen-bond acceptors (Lipinski definition) is 2. The standard InChI is InChI=1S/C13H13NO2/c1-8(15)14-12(16)7-10-6-9-4-2-3-5-11(9)13(10)14/h2-5,10,13H,6-7H2,1H3. The van der Waals surface area contributed by atoms with Crippen LogP contribution in [0.4, 0.5) is 0 Å². The zero-order valence-electron chi connectivity index (χ0n) is 9.14. The molecule has 0 saturated carbocycles. The molecule has 1 saturated heterocycles. The Morgan fingerprint density at radius 2 is 2.06 bits per heavy atom. The van der Waals surface area contributed by atoms with Crippen molar-refractivity contribution in [1.29, 1.82) is 0 Å². The molecule has 2 atom stereocenters. The second-order valence-electron chi connectivity index (χ2n) is 4.59. The Bertz CT molecular complexity index is 481. The number of likely N-dealkylation sites (tertiary alicyclic amines) is 1. The number of fused-ring (bicyclic) bond motifs is 3. The molecule has 3 nitrogen and oxygen atoms in total. The highest BCUT2D eigenvalue weighted by molar-refractivity contribution is 5.97. The summed E-state index contributed by atoms with van der Waals surface area (Å²) in [6.07, 6.45) is 1.44. The first-order valence-corrected chi connectivity index (χ1v) is 5.59. The van der Waals surface area contributed by atoms with Crippen molar-refractivity contribution in [2.24, 2.45) is 5.92 Å². The van der Waals surface area contributed by atoms with E-state index >= 15 is 0 Å². The van der Waals surface area contributed by atoms with Gasteiger partial charge in [0, 0.05) is 13.3 Å². The quantitative estimate of drug-likeness (QED) is 0.660. The van der Waals surface area contributed by atoms with Gasteiger partial charge in [-0.3, -0.25) is 14.5 Å². The van der Waals surface area contributed by atoms with E-state index < -0.39 is 0 Å². The third-order valence-electron chi connectivity index (χ3n) is 3.63. The number of rotatable bonds is 0. The SMILES string of the molecule is CC(=O)N1C(=O)CC2Cc3ccccc3C21. The van der Waals surface area contributed by atoms with Crippen LogP contribution < -0.4 is 0 Å². The summed E-state index contributed by atoms with van der Waals surface area (Å²) in [4.78, 5) is 24.7. The summed E-state index contributed by atoms with van der Waals surface area (Å²) in [5, 5.41) is 0. The van der Waals surface area contributed by atoms with Gasteiger partial charge in [-0.05, 0) is 23.5 Å². The van der Waals surface area contributed by atoms with Gasteiger partial charge in [-0.2, -0.15) is 0 Å². The minimum Gasteiger partial charge on any atom is -0.275 e. The summed E-state index contributed by atoms with van der Waals surface area (Å²) in [5.74, 6) is 0.153. The Balaban J connectivity index is 2.08. The van der Waals surface area contributed by atoms with Crippen LogP contribution in [0.15, 0.2) is 24.3 Å². The van der Waals surface area contributed by atoms with E-state index in [1.807, 2.05) is 18.2 Å². The monoisotopic (exact) mass is 215 g/mol. The normalized spacial score (nSPS) is 26.8. The van der Waals surface area contributed by atoms with Crippen molar-refractivity contribution in [3.05, 3.63) is 35.4 Å². The molecule has 1 aliphatic carbocycles. The maximum Gasteiger partial charge on any atom is 0.230 e. The molecule has 16 heavy (non-hydrogen) atoms. The molecule has 0 bridgehead atoms. The Labute approximate surface area is 94.1 Å². The predicted octanol–water partition coefficient (Wildman–Crippen LogP) is 1.68. The van der Waals surface area contributed by atoms with Crippen LogP contribution in [0.2, 0.25) is 0 Å².